The van der Waals surface area contributed by atoms with Crippen molar-refractivity contribution in [2.45, 2.75) is 32.2 Å². The van der Waals surface area contributed by atoms with Crippen molar-refractivity contribution < 1.29 is 27.8 Å². The van der Waals surface area contributed by atoms with Crippen LogP contribution in [0, 0.1) is 11.6 Å². The van der Waals surface area contributed by atoms with Crippen LogP contribution < -0.4 is 19.1 Å². The number of piperidine rings is 1. The van der Waals surface area contributed by atoms with Crippen molar-refractivity contribution in [2.24, 2.45) is 0 Å². The average molecular weight is 511 g/mol. The summed E-state index contributed by atoms with van der Waals surface area (Å²) in [6, 6.07) is 8.13. The Morgan fingerprint density at radius 2 is 1.65 bits per heavy atom. The van der Waals surface area contributed by atoms with Crippen LogP contribution in [-0.2, 0) is 13.0 Å². The van der Waals surface area contributed by atoms with Gasteiger partial charge in [0.25, 0.3) is 5.91 Å². The van der Waals surface area contributed by atoms with E-state index in [1.165, 1.54) is 20.3 Å². The van der Waals surface area contributed by atoms with Gasteiger partial charge in [-0.1, -0.05) is 0 Å². The first kappa shape index (κ1) is 24.7. The molecule has 5 rings (SSSR count). The van der Waals surface area contributed by atoms with Crippen LogP contribution in [0.2, 0.25) is 0 Å². The maximum atomic E-state index is 14.5. The van der Waals surface area contributed by atoms with Gasteiger partial charge in [-0.2, -0.15) is 4.98 Å². The fraction of sp³-hybridized carbons (Fsp3) is 0.370. The average Bonchev–Trinajstić information content (AvgIpc) is 2.93. The first-order chi connectivity index (χ1) is 17.9. The first-order valence-electron chi connectivity index (χ1n) is 12.2. The van der Waals surface area contributed by atoms with E-state index in [0.29, 0.717) is 41.5 Å². The minimum atomic E-state index is -0.834. The lowest BCUT2D eigenvalue weighted by molar-refractivity contribution is 0.0731. The van der Waals surface area contributed by atoms with Crippen molar-refractivity contribution in [1.29, 1.82) is 0 Å². The van der Waals surface area contributed by atoms with E-state index < -0.39 is 11.6 Å². The molecule has 3 heterocycles. The second kappa shape index (κ2) is 10.6. The molecule has 3 aromatic rings. The minimum Gasteiger partial charge on any atom is -0.497 e. The van der Waals surface area contributed by atoms with Gasteiger partial charge in [0, 0.05) is 43.8 Å². The molecular weight excluding hydrogens is 482 g/mol. The number of hydrogen-bond acceptors (Lipinski definition) is 7. The molecule has 1 amide bonds. The number of carbonyl (C=O) groups is 1. The van der Waals surface area contributed by atoms with Crippen LogP contribution >= 0.6 is 0 Å². The fourth-order valence-corrected chi connectivity index (χ4v) is 4.64. The fourth-order valence-electron chi connectivity index (χ4n) is 4.64. The van der Waals surface area contributed by atoms with Crippen molar-refractivity contribution in [3.8, 4) is 23.1 Å². The summed E-state index contributed by atoms with van der Waals surface area (Å²) in [7, 11) is 3.05. The molecule has 2 aliphatic heterocycles. The molecule has 1 saturated heterocycles. The monoisotopic (exact) mass is 510 g/mol. The van der Waals surface area contributed by atoms with Crippen LogP contribution in [-0.4, -0.2) is 54.6 Å². The Morgan fingerprint density at radius 3 is 2.32 bits per heavy atom. The number of anilines is 1. The summed E-state index contributed by atoms with van der Waals surface area (Å²) in [5.74, 6) is -0.205. The van der Waals surface area contributed by atoms with E-state index in [0.717, 1.165) is 50.2 Å². The number of nitrogens with zero attached hydrogens (tertiary/aromatic N) is 4. The number of halogens is 2. The Morgan fingerprint density at radius 1 is 0.919 bits per heavy atom. The number of amides is 1. The summed E-state index contributed by atoms with van der Waals surface area (Å²) >= 11 is 0. The minimum absolute atomic E-state index is 0.145. The van der Waals surface area contributed by atoms with Gasteiger partial charge in [-0.25, -0.2) is 13.8 Å². The molecule has 2 aromatic carbocycles. The highest BCUT2D eigenvalue weighted by Gasteiger charge is 2.29. The van der Waals surface area contributed by atoms with E-state index in [1.807, 2.05) is 0 Å². The second-order valence-corrected chi connectivity index (χ2v) is 9.06. The summed E-state index contributed by atoms with van der Waals surface area (Å²) < 4.78 is 44.5. The summed E-state index contributed by atoms with van der Waals surface area (Å²) in [5.41, 5.74) is 1.76. The van der Waals surface area contributed by atoms with E-state index in [1.54, 1.807) is 23.1 Å². The second-order valence-electron chi connectivity index (χ2n) is 9.06. The van der Waals surface area contributed by atoms with Crippen molar-refractivity contribution in [3.63, 3.8) is 0 Å². The lowest BCUT2D eigenvalue weighted by Gasteiger charge is -2.32. The first-order valence-corrected chi connectivity index (χ1v) is 12.2. The van der Waals surface area contributed by atoms with Crippen LogP contribution in [0.4, 0.5) is 14.7 Å². The van der Waals surface area contributed by atoms with Crippen molar-refractivity contribution in [1.82, 2.24) is 14.9 Å². The third-order valence-electron chi connectivity index (χ3n) is 6.64. The molecule has 10 heteroatoms. The molecule has 0 spiro atoms. The molecule has 37 heavy (non-hydrogen) atoms. The molecule has 2 aliphatic rings. The number of benzene rings is 2. The molecule has 8 nitrogen and oxygen atoms in total. The zero-order valence-electron chi connectivity index (χ0n) is 20.8. The Hall–Kier alpha value is -3.95. The molecule has 1 aromatic heterocycles. The van der Waals surface area contributed by atoms with Gasteiger partial charge in [-0.05, 0) is 43.5 Å². The van der Waals surface area contributed by atoms with E-state index in [4.69, 9.17) is 19.2 Å². The predicted molar refractivity (Wildman–Crippen MR) is 133 cm³/mol. The van der Waals surface area contributed by atoms with Crippen LogP contribution in [0.3, 0.4) is 0 Å². The summed E-state index contributed by atoms with van der Waals surface area (Å²) in [5, 5.41) is 0. The third kappa shape index (κ3) is 5.28. The molecular formula is C27H28F2N4O4. The number of hydrogen-bond donors (Lipinski definition) is 0. The van der Waals surface area contributed by atoms with Gasteiger partial charge in [-0.15, -0.1) is 0 Å². The molecule has 194 valence electrons. The van der Waals surface area contributed by atoms with Crippen LogP contribution in [0.5, 0.6) is 23.1 Å². The number of fused-ring (bicyclic) bond motifs is 1. The maximum absolute atomic E-state index is 14.5. The normalized spacial score (nSPS) is 15.2. The van der Waals surface area contributed by atoms with Crippen molar-refractivity contribution in [2.75, 3.05) is 38.8 Å². The van der Waals surface area contributed by atoms with Gasteiger partial charge in [0.2, 0.25) is 11.8 Å². The zero-order chi connectivity index (χ0) is 25.9. The summed E-state index contributed by atoms with van der Waals surface area (Å²) in [6.07, 6.45) is 3.70. The van der Waals surface area contributed by atoms with Crippen molar-refractivity contribution >= 4 is 11.9 Å². The smallest absolute Gasteiger partial charge is 0.254 e. The Labute approximate surface area is 213 Å². The van der Waals surface area contributed by atoms with Gasteiger partial charge in [0.1, 0.15) is 17.3 Å². The van der Waals surface area contributed by atoms with Crippen LogP contribution in [0.1, 0.15) is 40.9 Å². The van der Waals surface area contributed by atoms with Gasteiger partial charge >= 0.3 is 0 Å². The SMILES string of the molecule is COc1cc(OC)cc(C(=O)N2CCc3nc(N4CCCCC4)nc(Oc4ccc(F)cc4F)c3C2)c1. The molecule has 0 unspecified atom stereocenters. The number of rotatable bonds is 6. The molecule has 0 aliphatic carbocycles. The van der Waals surface area contributed by atoms with Crippen molar-refractivity contribution in [3.05, 3.63) is 64.9 Å². The van der Waals surface area contributed by atoms with Crippen LogP contribution in [0.15, 0.2) is 36.4 Å². The Kier molecular flexibility index (Phi) is 7.07. The lowest BCUT2D eigenvalue weighted by Crippen LogP contribution is -2.37. The van der Waals surface area contributed by atoms with E-state index in [2.05, 4.69) is 9.88 Å². The highest BCUT2D eigenvalue weighted by atomic mass is 19.1. The quantitative estimate of drug-likeness (QED) is 0.474. The standard InChI is InChI=1S/C27H28F2N4O4/c1-35-19-12-17(13-20(15-19)36-2)26(34)33-11-8-23-21(16-33)25(37-24-7-6-18(28)14-22(24)29)31-27(30-23)32-9-4-3-5-10-32/h6-7,12-15H,3-5,8-11,16H2,1-2H3. The number of carbonyl (C=O) groups excluding carboxylic acids is 1. The highest BCUT2D eigenvalue weighted by molar-refractivity contribution is 5.95. The van der Waals surface area contributed by atoms with Gasteiger partial charge in [0.05, 0.1) is 32.0 Å². The van der Waals surface area contributed by atoms with E-state index in [-0.39, 0.29) is 24.1 Å². The van der Waals surface area contributed by atoms with Gasteiger partial charge in [0.15, 0.2) is 11.6 Å². The van der Waals surface area contributed by atoms with Gasteiger partial charge < -0.3 is 24.0 Å². The highest BCUT2D eigenvalue weighted by Crippen LogP contribution is 2.34. The summed E-state index contributed by atoms with van der Waals surface area (Å²) in [6.45, 7) is 2.26. The third-order valence-corrected chi connectivity index (χ3v) is 6.64. The molecule has 0 saturated carbocycles. The number of ether oxygens (including phenoxy) is 3. The molecule has 0 bridgehead atoms. The predicted octanol–water partition coefficient (Wildman–Crippen LogP) is 4.75. The van der Waals surface area contributed by atoms with Gasteiger partial charge in [-0.3, -0.25) is 4.79 Å². The van der Waals surface area contributed by atoms with Crippen LogP contribution in [0.25, 0.3) is 0 Å². The molecule has 0 N–H and O–H groups in total. The van der Waals surface area contributed by atoms with E-state index in [9.17, 15) is 13.6 Å². The summed E-state index contributed by atoms with van der Waals surface area (Å²) in [4.78, 5) is 26.6. The maximum Gasteiger partial charge on any atom is 0.254 e. The van der Waals surface area contributed by atoms with E-state index >= 15 is 0 Å². The Balaban J connectivity index is 1.49. The number of aromatic nitrogens is 2. The molecule has 0 atom stereocenters. The zero-order valence-corrected chi connectivity index (χ0v) is 20.8. The molecule has 1 fully saturated rings. The lowest BCUT2D eigenvalue weighted by atomic mass is 10.0. The topological polar surface area (TPSA) is 77.0 Å². The number of methoxy groups -OCH3 is 2. The molecule has 0 radical (unpaired) electrons. The Bertz CT molecular complexity index is 1290. The largest absolute Gasteiger partial charge is 0.497 e.